The maximum absolute atomic E-state index is 11.7. The Morgan fingerprint density at radius 3 is 2.42 bits per heavy atom. The third-order valence-corrected chi connectivity index (χ3v) is 2.80. The molecular weight excluding hydrogens is 244 g/mol. The zero-order chi connectivity index (χ0) is 14.1. The van der Waals surface area contributed by atoms with Gasteiger partial charge in [0.05, 0.1) is 0 Å². The molecule has 19 heavy (non-hydrogen) atoms. The number of carbonyl (C=O) groups excluding carboxylic acids is 2. The summed E-state index contributed by atoms with van der Waals surface area (Å²) >= 11 is 0. The number of benzene rings is 1. The average Bonchev–Trinajstić information content (AvgIpc) is 2.42. The number of aryl methyl sites for hydroxylation is 1. The van der Waals surface area contributed by atoms with Crippen molar-refractivity contribution in [2.24, 2.45) is 0 Å². The first-order chi connectivity index (χ1) is 9.13. The molecule has 0 atom stereocenters. The Balaban J connectivity index is 2.14. The third-order valence-electron chi connectivity index (χ3n) is 2.80. The Hall–Kier alpha value is -1.88. The number of hydrogen-bond acceptors (Lipinski definition) is 3. The Morgan fingerprint density at radius 1 is 1.11 bits per heavy atom. The van der Waals surface area contributed by atoms with Crippen LogP contribution < -0.4 is 10.8 Å². The second-order valence-corrected chi connectivity index (χ2v) is 4.47. The van der Waals surface area contributed by atoms with Gasteiger partial charge < -0.3 is 5.32 Å². The molecule has 0 bridgehead atoms. The molecule has 0 spiro atoms. The van der Waals surface area contributed by atoms with Gasteiger partial charge in [-0.15, -0.1) is 0 Å². The van der Waals surface area contributed by atoms with E-state index in [0.29, 0.717) is 24.9 Å². The number of carbonyl (C=O) groups is 2. The zero-order valence-electron chi connectivity index (χ0n) is 11.1. The molecule has 0 aliphatic rings. The van der Waals surface area contributed by atoms with Crippen LogP contribution in [-0.2, 0) is 4.79 Å². The van der Waals surface area contributed by atoms with Crippen molar-refractivity contribution in [1.82, 2.24) is 10.8 Å². The van der Waals surface area contributed by atoms with Crippen molar-refractivity contribution in [2.45, 2.75) is 32.6 Å². The van der Waals surface area contributed by atoms with Crippen molar-refractivity contribution in [2.75, 3.05) is 6.54 Å². The van der Waals surface area contributed by atoms with Crippen LogP contribution in [0.4, 0.5) is 0 Å². The van der Waals surface area contributed by atoms with E-state index in [0.717, 1.165) is 18.4 Å². The van der Waals surface area contributed by atoms with E-state index in [4.69, 9.17) is 5.21 Å². The molecule has 1 aromatic carbocycles. The van der Waals surface area contributed by atoms with E-state index < -0.39 is 0 Å². The van der Waals surface area contributed by atoms with Crippen LogP contribution in [0.3, 0.4) is 0 Å². The monoisotopic (exact) mass is 264 g/mol. The first-order valence-corrected chi connectivity index (χ1v) is 6.41. The SMILES string of the molecule is Cc1ccc(C(=O)NCCCCCC(=O)NO)cc1. The van der Waals surface area contributed by atoms with Gasteiger partial charge in [0.1, 0.15) is 0 Å². The highest BCUT2D eigenvalue weighted by molar-refractivity contribution is 5.94. The summed E-state index contributed by atoms with van der Waals surface area (Å²) in [6, 6.07) is 7.41. The summed E-state index contributed by atoms with van der Waals surface area (Å²) in [5.74, 6) is -0.447. The first-order valence-electron chi connectivity index (χ1n) is 6.41. The predicted octanol–water partition coefficient (Wildman–Crippen LogP) is 1.79. The van der Waals surface area contributed by atoms with E-state index in [2.05, 4.69) is 5.32 Å². The minimum atomic E-state index is -0.372. The second-order valence-electron chi connectivity index (χ2n) is 4.47. The van der Waals surface area contributed by atoms with Gasteiger partial charge in [-0.2, -0.15) is 0 Å². The molecule has 1 rings (SSSR count). The molecule has 0 radical (unpaired) electrons. The summed E-state index contributed by atoms with van der Waals surface area (Å²) in [6.45, 7) is 2.57. The van der Waals surface area contributed by atoms with Crippen molar-refractivity contribution in [3.63, 3.8) is 0 Å². The van der Waals surface area contributed by atoms with Crippen LogP contribution in [0.5, 0.6) is 0 Å². The molecule has 0 fully saturated rings. The van der Waals surface area contributed by atoms with E-state index in [-0.39, 0.29) is 11.8 Å². The quantitative estimate of drug-likeness (QED) is 0.399. The van der Waals surface area contributed by atoms with Crippen LogP contribution in [0.25, 0.3) is 0 Å². The van der Waals surface area contributed by atoms with Crippen LogP contribution in [0.2, 0.25) is 0 Å². The minimum Gasteiger partial charge on any atom is -0.352 e. The number of hydrogen-bond donors (Lipinski definition) is 3. The topological polar surface area (TPSA) is 78.4 Å². The van der Waals surface area contributed by atoms with Crippen LogP contribution in [0.15, 0.2) is 24.3 Å². The highest BCUT2D eigenvalue weighted by Gasteiger charge is 2.04. The lowest BCUT2D eigenvalue weighted by molar-refractivity contribution is -0.129. The highest BCUT2D eigenvalue weighted by atomic mass is 16.5. The summed E-state index contributed by atoms with van der Waals surface area (Å²) < 4.78 is 0. The standard InChI is InChI=1S/C14H20N2O3/c1-11-6-8-12(9-7-11)14(18)15-10-4-2-3-5-13(17)16-19/h6-9,19H,2-5,10H2,1H3,(H,15,18)(H,16,17). The van der Waals surface area contributed by atoms with Gasteiger partial charge in [-0.25, -0.2) is 5.48 Å². The largest absolute Gasteiger partial charge is 0.352 e. The summed E-state index contributed by atoms with van der Waals surface area (Å²) in [5.41, 5.74) is 3.37. The van der Waals surface area contributed by atoms with Gasteiger partial charge in [0, 0.05) is 18.5 Å². The van der Waals surface area contributed by atoms with Gasteiger partial charge >= 0.3 is 0 Å². The molecular formula is C14H20N2O3. The number of hydroxylamine groups is 1. The van der Waals surface area contributed by atoms with E-state index in [1.165, 1.54) is 0 Å². The summed E-state index contributed by atoms with van der Waals surface area (Å²) in [4.78, 5) is 22.5. The molecule has 5 nitrogen and oxygen atoms in total. The fraction of sp³-hybridized carbons (Fsp3) is 0.429. The minimum absolute atomic E-state index is 0.0758. The average molecular weight is 264 g/mol. The maximum atomic E-state index is 11.7. The molecule has 104 valence electrons. The number of nitrogens with one attached hydrogen (secondary N) is 2. The highest BCUT2D eigenvalue weighted by Crippen LogP contribution is 2.03. The van der Waals surface area contributed by atoms with E-state index in [1.54, 1.807) is 17.6 Å². The van der Waals surface area contributed by atoms with Crippen molar-refractivity contribution in [3.8, 4) is 0 Å². The Labute approximate surface area is 113 Å². The van der Waals surface area contributed by atoms with Crippen molar-refractivity contribution in [1.29, 1.82) is 0 Å². The Bertz CT molecular complexity index is 415. The molecule has 0 aliphatic heterocycles. The second kappa shape index (κ2) is 8.26. The zero-order valence-corrected chi connectivity index (χ0v) is 11.1. The molecule has 0 saturated carbocycles. The molecule has 2 amide bonds. The Morgan fingerprint density at radius 2 is 1.79 bits per heavy atom. The fourth-order valence-electron chi connectivity index (χ4n) is 1.65. The third kappa shape index (κ3) is 6.01. The lowest BCUT2D eigenvalue weighted by Gasteiger charge is -2.05. The summed E-state index contributed by atoms with van der Waals surface area (Å²) in [6.07, 6.45) is 2.66. The van der Waals surface area contributed by atoms with Crippen LogP contribution in [0, 0.1) is 6.92 Å². The van der Waals surface area contributed by atoms with Crippen molar-refractivity contribution >= 4 is 11.8 Å². The lowest BCUT2D eigenvalue weighted by Crippen LogP contribution is -2.24. The van der Waals surface area contributed by atoms with Crippen molar-refractivity contribution < 1.29 is 14.8 Å². The first kappa shape index (κ1) is 15.2. The van der Waals surface area contributed by atoms with Gasteiger partial charge in [0.2, 0.25) is 5.91 Å². The molecule has 5 heteroatoms. The molecule has 0 aromatic heterocycles. The van der Waals surface area contributed by atoms with Crippen LogP contribution in [0.1, 0.15) is 41.6 Å². The molecule has 0 aliphatic carbocycles. The normalized spacial score (nSPS) is 10.0. The van der Waals surface area contributed by atoms with Gasteiger partial charge in [-0.05, 0) is 31.9 Å². The summed E-state index contributed by atoms with van der Waals surface area (Å²) in [7, 11) is 0. The number of amides is 2. The molecule has 0 heterocycles. The number of unbranched alkanes of at least 4 members (excludes halogenated alkanes) is 2. The fourth-order valence-corrected chi connectivity index (χ4v) is 1.65. The van der Waals surface area contributed by atoms with E-state index >= 15 is 0 Å². The van der Waals surface area contributed by atoms with Crippen LogP contribution in [-0.4, -0.2) is 23.6 Å². The van der Waals surface area contributed by atoms with Gasteiger partial charge in [0.25, 0.3) is 5.91 Å². The van der Waals surface area contributed by atoms with Crippen molar-refractivity contribution in [3.05, 3.63) is 35.4 Å². The lowest BCUT2D eigenvalue weighted by atomic mass is 10.1. The van der Waals surface area contributed by atoms with Gasteiger partial charge in [-0.1, -0.05) is 24.1 Å². The van der Waals surface area contributed by atoms with E-state index in [1.807, 2.05) is 19.1 Å². The number of rotatable bonds is 7. The van der Waals surface area contributed by atoms with Gasteiger partial charge in [0.15, 0.2) is 0 Å². The molecule has 3 N–H and O–H groups in total. The van der Waals surface area contributed by atoms with E-state index in [9.17, 15) is 9.59 Å². The van der Waals surface area contributed by atoms with Gasteiger partial charge in [-0.3, -0.25) is 14.8 Å². The Kier molecular flexibility index (Phi) is 6.60. The smallest absolute Gasteiger partial charge is 0.251 e. The van der Waals surface area contributed by atoms with Crippen LogP contribution >= 0.6 is 0 Å². The molecule has 1 aromatic rings. The molecule has 0 unspecified atom stereocenters. The predicted molar refractivity (Wildman–Crippen MR) is 71.9 cm³/mol. The summed E-state index contributed by atoms with van der Waals surface area (Å²) in [5, 5.41) is 11.1. The maximum Gasteiger partial charge on any atom is 0.251 e. The molecule has 0 saturated heterocycles.